The summed E-state index contributed by atoms with van der Waals surface area (Å²) in [6.07, 6.45) is 0. The molecule has 0 fully saturated rings. The number of ketones is 2. The average molecular weight is 629 g/mol. The van der Waals surface area contributed by atoms with Crippen LogP contribution in [-0.2, 0) is 17.0 Å². The van der Waals surface area contributed by atoms with Crippen LogP contribution < -0.4 is 13.7 Å². The Kier molecular flexibility index (Phi) is 10.5. The van der Waals surface area contributed by atoms with Crippen LogP contribution in [0.2, 0.25) is 0 Å². The molecule has 0 spiro atoms. The molecular formula is C34H28O10S. The van der Waals surface area contributed by atoms with Gasteiger partial charge in [-0.1, -0.05) is 91.0 Å². The first kappa shape index (κ1) is 32.3. The molecule has 0 atom stereocenters. The van der Waals surface area contributed by atoms with E-state index in [1.54, 1.807) is 54.6 Å². The van der Waals surface area contributed by atoms with Gasteiger partial charge in [0.25, 0.3) is 0 Å². The number of benzene rings is 5. The Morgan fingerprint density at radius 1 is 0.644 bits per heavy atom. The maximum absolute atomic E-state index is 12.4. The number of ether oxygens (including phenoxy) is 2. The maximum atomic E-state index is 12.4. The monoisotopic (exact) mass is 628 g/mol. The minimum atomic E-state index is -4.80. The lowest BCUT2D eigenvalue weighted by Gasteiger charge is -2.11. The van der Waals surface area contributed by atoms with E-state index in [2.05, 4.69) is 4.18 Å². The number of phenolic OH excluding ortho intramolecular Hbond substituents is 2. The molecule has 0 aliphatic rings. The average Bonchev–Trinajstić information content (AvgIpc) is 3.05. The molecule has 0 aliphatic heterocycles. The first-order chi connectivity index (χ1) is 21.6. The second-order valence-corrected chi connectivity index (χ2v) is 10.4. The van der Waals surface area contributed by atoms with Gasteiger partial charge >= 0.3 is 10.4 Å². The third kappa shape index (κ3) is 8.92. The third-order valence-electron chi connectivity index (χ3n) is 6.26. The zero-order chi connectivity index (χ0) is 32.4. The summed E-state index contributed by atoms with van der Waals surface area (Å²) in [4.78, 5) is 24.7. The van der Waals surface area contributed by atoms with Gasteiger partial charge in [-0.3, -0.25) is 14.1 Å². The predicted molar refractivity (Wildman–Crippen MR) is 165 cm³/mol. The van der Waals surface area contributed by atoms with E-state index in [9.17, 15) is 28.2 Å². The summed E-state index contributed by atoms with van der Waals surface area (Å²) in [7, 11) is -3.59. The molecule has 0 saturated carbocycles. The van der Waals surface area contributed by atoms with Gasteiger partial charge in [-0.05, 0) is 17.7 Å². The molecule has 0 heterocycles. The summed E-state index contributed by atoms with van der Waals surface area (Å²) in [5.41, 5.74) is 1.95. The van der Waals surface area contributed by atoms with Gasteiger partial charge in [-0.25, -0.2) is 0 Å². The van der Waals surface area contributed by atoms with E-state index in [4.69, 9.17) is 14.0 Å². The highest BCUT2D eigenvalue weighted by Crippen LogP contribution is 2.36. The van der Waals surface area contributed by atoms with E-state index >= 15 is 0 Å². The summed E-state index contributed by atoms with van der Waals surface area (Å²) in [6, 6.07) is 33.5. The van der Waals surface area contributed by atoms with Crippen LogP contribution in [0.4, 0.5) is 0 Å². The van der Waals surface area contributed by atoms with Gasteiger partial charge in [-0.2, -0.15) is 8.42 Å². The largest absolute Gasteiger partial charge is 0.507 e. The van der Waals surface area contributed by atoms with Crippen LogP contribution in [-0.4, -0.2) is 41.9 Å². The van der Waals surface area contributed by atoms with Gasteiger partial charge in [0.15, 0.2) is 23.1 Å². The lowest BCUT2D eigenvalue weighted by Crippen LogP contribution is -2.09. The molecule has 10 nitrogen and oxygen atoms in total. The van der Waals surface area contributed by atoms with E-state index in [0.717, 1.165) is 17.7 Å². The van der Waals surface area contributed by atoms with Crippen LogP contribution in [0.3, 0.4) is 0 Å². The number of carbonyl (C=O) groups excluding carboxylic acids is 2. The number of hydrogen-bond acceptors (Lipinski definition) is 9. The summed E-state index contributed by atoms with van der Waals surface area (Å²) < 4.78 is 45.3. The van der Waals surface area contributed by atoms with Crippen molar-refractivity contribution >= 4 is 22.0 Å². The van der Waals surface area contributed by atoms with Crippen LogP contribution in [0, 0.1) is 0 Å². The highest BCUT2D eigenvalue weighted by molar-refractivity contribution is 7.81. The van der Waals surface area contributed by atoms with Gasteiger partial charge in [-0.15, -0.1) is 0 Å². The molecule has 11 heteroatoms. The second-order valence-electron chi connectivity index (χ2n) is 9.37. The van der Waals surface area contributed by atoms with Crippen LogP contribution in [0.15, 0.2) is 121 Å². The number of methoxy groups -OCH3 is 1. The van der Waals surface area contributed by atoms with Crippen molar-refractivity contribution in [1.82, 2.24) is 0 Å². The van der Waals surface area contributed by atoms with Gasteiger partial charge in [0.2, 0.25) is 0 Å². The molecule has 45 heavy (non-hydrogen) atoms. The summed E-state index contributed by atoms with van der Waals surface area (Å²) in [6.45, 7) is 0.409. The van der Waals surface area contributed by atoms with E-state index < -0.39 is 27.7 Å². The minimum Gasteiger partial charge on any atom is -0.507 e. The highest BCUT2D eigenvalue weighted by Gasteiger charge is 2.21. The number of aromatic hydroxyl groups is 2. The molecule has 5 aromatic rings. The number of rotatable bonds is 10. The first-order valence-corrected chi connectivity index (χ1v) is 14.7. The number of carbonyl (C=O) groups is 2. The maximum Gasteiger partial charge on any atom is 0.446 e. The minimum absolute atomic E-state index is 0.0792. The lowest BCUT2D eigenvalue weighted by molar-refractivity contribution is 0.102. The van der Waals surface area contributed by atoms with Crippen LogP contribution in [0.25, 0.3) is 0 Å². The quantitative estimate of drug-likeness (QED) is 0.124. The Balaban J connectivity index is 0.000000205. The first-order valence-electron chi connectivity index (χ1n) is 13.3. The van der Waals surface area contributed by atoms with Crippen LogP contribution >= 0.6 is 0 Å². The zero-order valence-corrected chi connectivity index (χ0v) is 24.7. The van der Waals surface area contributed by atoms with Crippen LogP contribution in [0.1, 0.15) is 37.4 Å². The Morgan fingerprint density at radius 2 is 1.16 bits per heavy atom. The standard InChI is InChI=1S/C20H16O3.C14H12O7S/c21-19-13-17(23-14-15-7-3-1-4-8-15)11-12-18(19)20(22)16-9-5-2-6-10-16;1-20-12-8-11(15)10(7-13(12)21-22(17,18)19)14(16)9-5-3-2-4-6-9/h1-13,21H,14H2;2-8,15H,1H3,(H,17,18,19). The van der Waals surface area contributed by atoms with E-state index in [1.807, 2.05) is 36.4 Å². The summed E-state index contributed by atoms with van der Waals surface area (Å²) >= 11 is 0. The van der Waals surface area contributed by atoms with Crippen molar-refractivity contribution in [3.05, 3.63) is 149 Å². The fourth-order valence-corrected chi connectivity index (χ4v) is 4.45. The van der Waals surface area contributed by atoms with Crippen molar-refractivity contribution in [2.24, 2.45) is 0 Å². The molecule has 0 aromatic heterocycles. The molecular weight excluding hydrogens is 600 g/mol. The zero-order valence-electron chi connectivity index (χ0n) is 23.9. The molecule has 0 saturated heterocycles. The molecule has 5 aromatic carbocycles. The highest BCUT2D eigenvalue weighted by atomic mass is 32.3. The second kappa shape index (κ2) is 14.7. The van der Waals surface area contributed by atoms with E-state index in [1.165, 1.54) is 25.3 Å². The van der Waals surface area contributed by atoms with Gasteiger partial charge in [0.1, 0.15) is 23.9 Å². The Hall–Kier alpha value is -5.65. The normalized spacial score (nSPS) is 10.6. The molecule has 3 N–H and O–H groups in total. The lowest BCUT2D eigenvalue weighted by atomic mass is 10.0. The van der Waals surface area contributed by atoms with Crippen molar-refractivity contribution in [3.8, 4) is 28.7 Å². The van der Waals surface area contributed by atoms with Crippen molar-refractivity contribution < 1.29 is 46.4 Å². The molecule has 5 rings (SSSR count). The summed E-state index contributed by atoms with van der Waals surface area (Å²) in [5, 5.41) is 20.0. The van der Waals surface area contributed by atoms with E-state index in [0.29, 0.717) is 23.5 Å². The molecule has 0 aliphatic carbocycles. The van der Waals surface area contributed by atoms with Gasteiger partial charge < -0.3 is 23.9 Å². The Labute approximate surface area is 259 Å². The van der Waals surface area contributed by atoms with Crippen molar-refractivity contribution in [1.29, 1.82) is 0 Å². The van der Waals surface area contributed by atoms with Gasteiger partial charge in [0, 0.05) is 29.3 Å². The fourth-order valence-electron chi connectivity index (χ4n) is 4.09. The number of hydrogen-bond donors (Lipinski definition) is 3. The molecule has 0 radical (unpaired) electrons. The predicted octanol–water partition coefficient (Wildman–Crippen LogP) is 6.02. The van der Waals surface area contributed by atoms with E-state index in [-0.39, 0.29) is 28.4 Å². The molecule has 230 valence electrons. The van der Waals surface area contributed by atoms with Crippen molar-refractivity contribution in [2.45, 2.75) is 6.61 Å². The topological polar surface area (TPSA) is 157 Å². The summed E-state index contributed by atoms with van der Waals surface area (Å²) in [5.74, 6) is -1.28. The van der Waals surface area contributed by atoms with Crippen molar-refractivity contribution in [2.75, 3.05) is 7.11 Å². The molecule has 0 amide bonds. The molecule has 0 bridgehead atoms. The van der Waals surface area contributed by atoms with Gasteiger partial charge in [0.05, 0.1) is 18.2 Å². The van der Waals surface area contributed by atoms with Crippen LogP contribution in [0.5, 0.6) is 28.7 Å². The third-order valence-corrected chi connectivity index (χ3v) is 6.65. The Morgan fingerprint density at radius 3 is 1.67 bits per heavy atom. The fraction of sp³-hybridized carbons (Fsp3) is 0.0588. The smallest absolute Gasteiger partial charge is 0.446 e. The number of phenols is 2. The molecule has 0 unspecified atom stereocenters. The SMILES string of the molecule is COc1cc(O)c(C(=O)c2ccccc2)cc1OS(=O)(=O)O.O=C(c1ccccc1)c1ccc(OCc2ccccc2)cc1O. The van der Waals surface area contributed by atoms with Crippen molar-refractivity contribution in [3.63, 3.8) is 0 Å². The Bertz CT molecular complexity index is 1880.